The number of anilines is 2. The second-order valence-electron chi connectivity index (χ2n) is 4.98. The predicted octanol–water partition coefficient (Wildman–Crippen LogP) is 4.37. The van der Waals surface area contributed by atoms with Crippen LogP contribution in [0.4, 0.5) is 11.5 Å². The van der Waals surface area contributed by atoms with E-state index in [2.05, 4.69) is 10.3 Å². The van der Waals surface area contributed by atoms with Crippen molar-refractivity contribution < 1.29 is 9.90 Å². The van der Waals surface area contributed by atoms with Gasteiger partial charge >= 0.3 is 5.97 Å². The minimum absolute atomic E-state index is 0.169. The Labute approximate surface area is 128 Å². The Hall–Kier alpha value is -2.01. The van der Waals surface area contributed by atoms with Crippen LogP contribution in [0.3, 0.4) is 0 Å². The Morgan fingerprint density at radius 2 is 2.05 bits per heavy atom. The minimum atomic E-state index is -0.944. The van der Waals surface area contributed by atoms with Gasteiger partial charge in [-0.1, -0.05) is 19.9 Å². The van der Waals surface area contributed by atoms with E-state index in [9.17, 15) is 9.90 Å². The summed E-state index contributed by atoms with van der Waals surface area (Å²) >= 11 is 1.66. The number of carbonyl (C=O) groups is 1. The molecule has 4 nitrogen and oxygen atoms in total. The molecule has 2 N–H and O–H groups in total. The fraction of sp³-hybridized carbons (Fsp3) is 0.250. The van der Waals surface area contributed by atoms with E-state index in [0.29, 0.717) is 5.82 Å². The van der Waals surface area contributed by atoms with E-state index >= 15 is 0 Å². The van der Waals surface area contributed by atoms with Crippen molar-refractivity contribution in [2.45, 2.75) is 24.7 Å². The number of rotatable bonds is 5. The van der Waals surface area contributed by atoms with Crippen molar-refractivity contribution >= 4 is 29.2 Å². The standard InChI is InChI=1S/C16H18N2O2S/c1-10(2)14-7-11(16(19)20)8-15(18-14)17-12-5-4-6-13(9-12)21-3/h4-10H,1-3H3,(H,17,18)(H,19,20). The summed E-state index contributed by atoms with van der Waals surface area (Å²) < 4.78 is 0. The molecule has 0 bridgehead atoms. The highest BCUT2D eigenvalue weighted by atomic mass is 32.2. The normalized spacial score (nSPS) is 10.7. The van der Waals surface area contributed by atoms with Crippen LogP contribution in [0.15, 0.2) is 41.3 Å². The van der Waals surface area contributed by atoms with Crippen LogP contribution in [-0.4, -0.2) is 22.3 Å². The number of hydrogen-bond acceptors (Lipinski definition) is 4. The maximum Gasteiger partial charge on any atom is 0.335 e. The van der Waals surface area contributed by atoms with Crippen molar-refractivity contribution in [2.75, 3.05) is 11.6 Å². The minimum Gasteiger partial charge on any atom is -0.478 e. The van der Waals surface area contributed by atoms with Gasteiger partial charge in [0, 0.05) is 16.3 Å². The summed E-state index contributed by atoms with van der Waals surface area (Å²) in [6, 6.07) is 11.1. The maximum absolute atomic E-state index is 11.2. The van der Waals surface area contributed by atoms with Crippen molar-refractivity contribution in [2.24, 2.45) is 0 Å². The van der Waals surface area contributed by atoms with Gasteiger partial charge in [-0.3, -0.25) is 0 Å². The highest BCUT2D eigenvalue weighted by molar-refractivity contribution is 7.98. The molecular formula is C16H18N2O2S. The lowest BCUT2D eigenvalue weighted by Crippen LogP contribution is -2.04. The molecule has 0 aliphatic carbocycles. The van der Waals surface area contributed by atoms with Crippen molar-refractivity contribution in [1.29, 1.82) is 0 Å². The summed E-state index contributed by atoms with van der Waals surface area (Å²) in [5.41, 5.74) is 1.90. The molecule has 2 aromatic rings. The van der Waals surface area contributed by atoms with Crippen molar-refractivity contribution in [3.8, 4) is 0 Å². The second-order valence-corrected chi connectivity index (χ2v) is 5.86. The van der Waals surface area contributed by atoms with E-state index in [4.69, 9.17) is 0 Å². The van der Waals surface area contributed by atoms with E-state index in [0.717, 1.165) is 16.3 Å². The zero-order chi connectivity index (χ0) is 15.4. The molecule has 0 saturated heterocycles. The monoisotopic (exact) mass is 302 g/mol. The molecule has 0 unspecified atom stereocenters. The van der Waals surface area contributed by atoms with Crippen LogP contribution in [-0.2, 0) is 0 Å². The van der Waals surface area contributed by atoms with Crippen LogP contribution in [0.25, 0.3) is 0 Å². The fourth-order valence-electron chi connectivity index (χ4n) is 1.88. The molecule has 0 spiro atoms. The van der Waals surface area contributed by atoms with Crippen LogP contribution in [0.2, 0.25) is 0 Å². The molecule has 1 aromatic carbocycles. The molecule has 2 rings (SSSR count). The Bertz CT molecular complexity index is 656. The maximum atomic E-state index is 11.2. The van der Waals surface area contributed by atoms with Crippen molar-refractivity contribution in [3.63, 3.8) is 0 Å². The zero-order valence-electron chi connectivity index (χ0n) is 12.3. The number of carboxylic acid groups (broad SMARTS) is 1. The van der Waals surface area contributed by atoms with Gasteiger partial charge in [0.2, 0.25) is 0 Å². The first kappa shape index (κ1) is 15.4. The van der Waals surface area contributed by atoms with E-state index in [-0.39, 0.29) is 11.5 Å². The van der Waals surface area contributed by atoms with E-state index in [1.807, 2.05) is 44.4 Å². The molecule has 0 fully saturated rings. The highest BCUT2D eigenvalue weighted by Gasteiger charge is 2.11. The van der Waals surface area contributed by atoms with Gasteiger partial charge in [0.1, 0.15) is 5.82 Å². The molecule has 21 heavy (non-hydrogen) atoms. The summed E-state index contributed by atoms with van der Waals surface area (Å²) in [5, 5.41) is 12.4. The molecule has 0 saturated carbocycles. The summed E-state index contributed by atoms with van der Waals surface area (Å²) in [5.74, 6) is -0.223. The third-order valence-electron chi connectivity index (χ3n) is 3.03. The van der Waals surface area contributed by atoms with Crippen LogP contribution in [0, 0.1) is 0 Å². The fourth-order valence-corrected chi connectivity index (χ4v) is 2.34. The quantitative estimate of drug-likeness (QED) is 0.803. The molecule has 5 heteroatoms. The molecule has 1 heterocycles. The number of carboxylic acids is 1. The van der Waals surface area contributed by atoms with Gasteiger partial charge in [0.15, 0.2) is 0 Å². The number of pyridine rings is 1. The Morgan fingerprint density at radius 1 is 1.29 bits per heavy atom. The molecule has 1 aromatic heterocycles. The number of aromatic nitrogens is 1. The first-order chi connectivity index (χ1) is 9.99. The topological polar surface area (TPSA) is 62.2 Å². The lowest BCUT2D eigenvalue weighted by Gasteiger charge is -2.11. The summed E-state index contributed by atoms with van der Waals surface area (Å²) in [7, 11) is 0. The number of aromatic carboxylic acids is 1. The summed E-state index contributed by atoms with van der Waals surface area (Å²) in [6.07, 6.45) is 2.01. The van der Waals surface area contributed by atoms with Gasteiger partial charge in [-0.25, -0.2) is 9.78 Å². The third kappa shape index (κ3) is 3.98. The molecule has 0 aliphatic heterocycles. The van der Waals surface area contributed by atoms with Gasteiger partial charge in [0.25, 0.3) is 0 Å². The van der Waals surface area contributed by atoms with Gasteiger partial charge in [-0.2, -0.15) is 0 Å². The average Bonchev–Trinajstić information content (AvgIpc) is 2.47. The van der Waals surface area contributed by atoms with E-state index < -0.39 is 5.97 Å². The Morgan fingerprint density at radius 3 is 2.67 bits per heavy atom. The van der Waals surface area contributed by atoms with Crippen LogP contribution >= 0.6 is 11.8 Å². The number of thioether (sulfide) groups is 1. The number of hydrogen-bond donors (Lipinski definition) is 2. The average molecular weight is 302 g/mol. The van der Waals surface area contributed by atoms with Crippen molar-refractivity contribution in [1.82, 2.24) is 4.98 Å². The zero-order valence-corrected chi connectivity index (χ0v) is 13.1. The van der Waals surface area contributed by atoms with Gasteiger partial charge < -0.3 is 10.4 Å². The largest absolute Gasteiger partial charge is 0.478 e. The lowest BCUT2D eigenvalue weighted by atomic mass is 10.1. The number of nitrogens with zero attached hydrogens (tertiary/aromatic N) is 1. The highest BCUT2D eigenvalue weighted by Crippen LogP contribution is 2.24. The Balaban J connectivity index is 2.36. The number of benzene rings is 1. The lowest BCUT2D eigenvalue weighted by molar-refractivity contribution is 0.0696. The summed E-state index contributed by atoms with van der Waals surface area (Å²) in [6.45, 7) is 3.98. The second kappa shape index (κ2) is 6.63. The molecular weight excluding hydrogens is 284 g/mol. The molecule has 0 aliphatic rings. The van der Waals surface area contributed by atoms with Gasteiger partial charge in [-0.05, 0) is 42.5 Å². The number of nitrogens with one attached hydrogen (secondary N) is 1. The van der Waals surface area contributed by atoms with Crippen molar-refractivity contribution in [3.05, 3.63) is 47.7 Å². The molecule has 110 valence electrons. The predicted molar refractivity (Wildman–Crippen MR) is 86.8 cm³/mol. The van der Waals surface area contributed by atoms with Crippen LogP contribution < -0.4 is 5.32 Å². The van der Waals surface area contributed by atoms with Crippen LogP contribution in [0.5, 0.6) is 0 Å². The molecule has 0 radical (unpaired) electrons. The third-order valence-corrected chi connectivity index (χ3v) is 3.75. The first-order valence-electron chi connectivity index (χ1n) is 6.66. The summed E-state index contributed by atoms with van der Waals surface area (Å²) in [4.78, 5) is 16.8. The Kier molecular flexibility index (Phi) is 4.85. The molecule has 0 atom stereocenters. The van der Waals surface area contributed by atoms with E-state index in [1.165, 1.54) is 0 Å². The SMILES string of the molecule is CSc1cccc(Nc2cc(C(=O)O)cc(C(C)C)n2)c1. The van der Waals surface area contributed by atoms with Gasteiger partial charge in [-0.15, -0.1) is 11.8 Å². The van der Waals surface area contributed by atoms with E-state index in [1.54, 1.807) is 23.9 Å². The smallest absolute Gasteiger partial charge is 0.335 e. The first-order valence-corrected chi connectivity index (χ1v) is 7.88. The van der Waals surface area contributed by atoms with Gasteiger partial charge in [0.05, 0.1) is 5.56 Å². The molecule has 0 amide bonds. The van der Waals surface area contributed by atoms with Crippen LogP contribution in [0.1, 0.15) is 35.8 Å².